The van der Waals surface area contributed by atoms with E-state index in [4.69, 9.17) is 37.9 Å². The van der Waals surface area contributed by atoms with E-state index in [1.165, 1.54) is 63.3 Å². The average molecular weight is 1140 g/mol. The number of aromatic nitrogens is 3. The van der Waals surface area contributed by atoms with E-state index >= 15 is 0 Å². The van der Waals surface area contributed by atoms with Crippen LogP contribution >= 0.6 is 0 Å². The number of phenols is 2. The van der Waals surface area contributed by atoms with Crippen LogP contribution in [-0.2, 0) is 55.8 Å². The van der Waals surface area contributed by atoms with Gasteiger partial charge in [-0.2, -0.15) is 0 Å². The summed E-state index contributed by atoms with van der Waals surface area (Å²) in [6.45, 7) is 13.0. The minimum absolute atomic E-state index is 0.0319. The lowest BCUT2D eigenvalue weighted by atomic mass is 9.47. The van der Waals surface area contributed by atoms with Gasteiger partial charge in [-0.25, -0.2) is 4.79 Å². The number of benzene rings is 2. The van der Waals surface area contributed by atoms with Crippen LogP contribution in [0.1, 0.15) is 122 Å². The normalized spacial score (nSPS) is 29.6. The molecule has 3 saturated carbocycles. The summed E-state index contributed by atoms with van der Waals surface area (Å²) in [5.74, 6) is 2.44. The van der Waals surface area contributed by atoms with Crippen molar-refractivity contribution in [3.05, 3.63) is 94.5 Å². The number of aliphatic hydroxyl groups excluding tert-OH is 1. The number of methoxy groups -OCH3 is 2. The van der Waals surface area contributed by atoms with E-state index in [-0.39, 0.29) is 88.6 Å². The number of amides is 1. The van der Waals surface area contributed by atoms with Gasteiger partial charge in [0.2, 0.25) is 5.91 Å². The van der Waals surface area contributed by atoms with E-state index in [2.05, 4.69) is 49.4 Å². The molecule has 82 heavy (non-hydrogen) atoms. The Kier molecular flexibility index (Phi) is 20.0. The molecule has 0 bridgehead atoms. The summed E-state index contributed by atoms with van der Waals surface area (Å²) in [6, 6.07) is 9.35. The Bertz CT molecular complexity index is 2830. The molecule has 6 aliphatic rings. The fraction of sp³-hybridized carbons (Fsp3) is 0.609. The maximum absolute atomic E-state index is 13.6. The molecule has 2 saturated heterocycles. The number of hydrogen-bond acceptors (Lipinski definition) is 16. The van der Waals surface area contributed by atoms with Crippen LogP contribution in [0.5, 0.6) is 23.0 Å². The molecule has 2 aromatic carbocycles. The zero-order valence-electron chi connectivity index (χ0n) is 48.8. The second-order valence-corrected chi connectivity index (χ2v) is 24.1. The molecular formula is C64H86N4O14. The van der Waals surface area contributed by atoms with Crippen molar-refractivity contribution in [3.8, 4) is 23.0 Å². The minimum atomic E-state index is -0.479. The molecule has 0 radical (unpaired) electrons. The van der Waals surface area contributed by atoms with Crippen molar-refractivity contribution >= 4 is 29.8 Å². The van der Waals surface area contributed by atoms with Crippen molar-refractivity contribution in [2.75, 3.05) is 67.0 Å². The lowest BCUT2D eigenvalue weighted by Crippen LogP contribution is -2.52. The predicted molar refractivity (Wildman–Crippen MR) is 307 cm³/mol. The van der Waals surface area contributed by atoms with Crippen LogP contribution in [0.15, 0.2) is 77.7 Å². The number of carbonyl (C=O) groups is 3. The van der Waals surface area contributed by atoms with Gasteiger partial charge in [-0.05, 0) is 146 Å². The molecule has 18 heteroatoms. The quantitative estimate of drug-likeness (QED) is 0.0146. The van der Waals surface area contributed by atoms with Crippen LogP contribution in [0.4, 0.5) is 0 Å². The fourth-order valence-corrected chi connectivity index (χ4v) is 14.6. The SMILES string of the molecule is COc1cc(/C=C/C(=O)C(Cc2cn(CCCCC(=O)NCCOCCOCCOCC(=O)O[C@H]3CC[C@@]4(C)C(=CC[C@H]5[C@@H]6C[C@@H]7O[C@]8(CC[C@@H](C)CO8)[C@@H](C)[C@@H]7[C@@]6(C)CC[C@@H]54)C3)nn2)=C(O)/C=C/c2ccc(O)c(OC)c2)ccc1O. The third-order valence-electron chi connectivity index (χ3n) is 19.0. The third-order valence-corrected chi connectivity index (χ3v) is 19.0. The Hall–Kier alpha value is -6.05. The second-order valence-electron chi connectivity index (χ2n) is 24.1. The number of ketones is 1. The first-order valence-electron chi connectivity index (χ1n) is 29.7. The highest BCUT2D eigenvalue weighted by atomic mass is 16.7. The summed E-state index contributed by atoms with van der Waals surface area (Å²) in [5.41, 5.74) is 3.63. The highest BCUT2D eigenvalue weighted by molar-refractivity contribution is 6.07. The van der Waals surface area contributed by atoms with Crippen LogP contribution in [0, 0.1) is 46.3 Å². The number of aromatic hydroxyl groups is 2. The Morgan fingerprint density at radius 1 is 0.854 bits per heavy atom. The van der Waals surface area contributed by atoms with Gasteiger partial charge in [0.1, 0.15) is 18.5 Å². The van der Waals surface area contributed by atoms with Gasteiger partial charge in [-0.3, -0.25) is 14.3 Å². The number of ether oxygens (including phenoxy) is 8. The second kappa shape index (κ2) is 27.1. The monoisotopic (exact) mass is 1130 g/mol. The minimum Gasteiger partial charge on any atom is -0.508 e. The van der Waals surface area contributed by atoms with Gasteiger partial charge in [-0.15, -0.1) is 5.10 Å². The zero-order chi connectivity index (χ0) is 58.0. The number of aliphatic hydroxyl groups is 1. The molecule has 3 aromatic rings. The van der Waals surface area contributed by atoms with Gasteiger partial charge in [0.15, 0.2) is 34.6 Å². The molecule has 5 fully saturated rings. The third kappa shape index (κ3) is 14.0. The standard InChI is InChI=1S/C64H86N4O14/c1-41-20-25-64(80-39-41)42(2)61-58(82-64)37-51-48-15-14-45-35-47(21-23-62(45,3)50(48)22-24-63(51,61)4)81-60(74)40-79-32-31-78-30-29-77-28-26-65-59(73)9-7-8-27-68-38-46(66-67-68)36-49(52(69)16-10-43-12-18-54(71)56(33-43)75-5)53(70)17-11-44-13-19-55(72)57(34-44)76-6/h10-14,16-19,33-34,38,41-42,47-48,50-51,58,61,69,71-72H,7-9,15,20-32,35-37,39-40H2,1-6H3,(H,65,73)/b16-10+,17-11+,52-49?/t41-,42+,47+,48-,50+,51+,58+,61+,62+,63+,64-/m1/s1. The van der Waals surface area contributed by atoms with E-state index in [1.54, 1.807) is 47.3 Å². The number of carbonyl (C=O) groups excluding carboxylic acids is 3. The van der Waals surface area contributed by atoms with E-state index in [0.29, 0.717) is 117 Å². The summed E-state index contributed by atoms with van der Waals surface area (Å²) in [4.78, 5) is 39.0. The highest BCUT2D eigenvalue weighted by Gasteiger charge is 2.68. The predicted octanol–water partition coefficient (Wildman–Crippen LogP) is 9.67. The molecule has 2 aliphatic heterocycles. The summed E-state index contributed by atoms with van der Waals surface area (Å²) in [5, 5.41) is 42.5. The number of unbranched alkanes of at least 4 members (excludes halogenated alkanes) is 1. The molecule has 4 N–H and O–H groups in total. The number of esters is 1. The van der Waals surface area contributed by atoms with Gasteiger partial charge in [0, 0.05) is 56.5 Å². The molecule has 0 unspecified atom stereocenters. The van der Waals surface area contributed by atoms with Crippen LogP contribution in [0.2, 0.25) is 0 Å². The smallest absolute Gasteiger partial charge is 0.332 e. The molecule has 9 rings (SSSR count). The summed E-state index contributed by atoms with van der Waals surface area (Å²) >= 11 is 0. The first-order valence-corrected chi connectivity index (χ1v) is 29.7. The largest absolute Gasteiger partial charge is 0.508 e. The summed E-state index contributed by atoms with van der Waals surface area (Å²) in [6.07, 6.45) is 21.5. The van der Waals surface area contributed by atoms with Gasteiger partial charge < -0.3 is 58.5 Å². The van der Waals surface area contributed by atoms with Crippen molar-refractivity contribution in [2.45, 2.75) is 136 Å². The lowest BCUT2D eigenvalue weighted by molar-refractivity contribution is -0.272. The van der Waals surface area contributed by atoms with Gasteiger partial charge in [0.05, 0.1) is 65.7 Å². The average Bonchev–Trinajstić information content (AvgIpc) is 1.73. The maximum Gasteiger partial charge on any atom is 0.332 e. The number of fused-ring (bicyclic) bond motifs is 7. The summed E-state index contributed by atoms with van der Waals surface area (Å²) < 4.78 is 48.4. The molecular weight excluding hydrogens is 1050 g/mol. The number of rotatable bonds is 26. The van der Waals surface area contributed by atoms with Gasteiger partial charge >= 0.3 is 5.97 Å². The zero-order valence-corrected chi connectivity index (χ0v) is 48.8. The Morgan fingerprint density at radius 2 is 1.56 bits per heavy atom. The van der Waals surface area contributed by atoms with E-state index in [9.17, 15) is 29.7 Å². The van der Waals surface area contributed by atoms with Crippen molar-refractivity contribution in [1.29, 1.82) is 0 Å². The van der Waals surface area contributed by atoms with Crippen molar-refractivity contribution < 1.29 is 67.6 Å². The van der Waals surface area contributed by atoms with Gasteiger partial charge in [-0.1, -0.05) is 68.8 Å². The highest BCUT2D eigenvalue weighted by Crippen LogP contribution is 2.70. The fourth-order valence-electron chi connectivity index (χ4n) is 14.6. The van der Waals surface area contributed by atoms with Crippen molar-refractivity contribution in [3.63, 3.8) is 0 Å². The van der Waals surface area contributed by atoms with Crippen LogP contribution in [-0.4, -0.2) is 133 Å². The van der Waals surface area contributed by atoms with Gasteiger partial charge in [0.25, 0.3) is 0 Å². The maximum atomic E-state index is 13.6. The van der Waals surface area contributed by atoms with Crippen molar-refractivity contribution in [2.24, 2.45) is 46.3 Å². The van der Waals surface area contributed by atoms with E-state index < -0.39 is 5.78 Å². The number of nitrogens with one attached hydrogen (secondary N) is 1. The molecule has 18 nitrogen and oxygen atoms in total. The van der Waals surface area contributed by atoms with Crippen LogP contribution in [0.3, 0.4) is 0 Å². The number of phenolic OH excluding ortho intramolecular Hbond substituents is 2. The van der Waals surface area contributed by atoms with E-state index in [1.807, 2.05) is 0 Å². The Labute approximate surface area is 482 Å². The molecule has 1 spiro atoms. The molecule has 1 aromatic heterocycles. The Balaban J connectivity index is 0.614. The first-order chi connectivity index (χ1) is 39.5. The number of aryl methyl sites for hydroxylation is 1. The molecule has 3 heterocycles. The molecule has 11 atom stereocenters. The van der Waals surface area contributed by atoms with Crippen molar-refractivity contribution in [1.82, 2.24) is 20.3 Å². The Morgan fingerprint density at radius 3 is 2.27 bits per heavy atom. The lowest BCUT2D eigenvalue weighted by Gasteiger charge is -2.58. The summed E-state index contributed by atoms with van der Waals surface area (Å²) in [7, 11) is 2.86. The number of hydrogen-bond donors (Lipinski definition) is 4. The molecule has 4 aliphatic carbocycles. The molecule has 446 valence electrons. The number of nitrogens with zero attached hydrogens (tertiary/aromatic N) is 3. The van der Waals surface area contributed by atoms with Crippen LogP contribution < -0.4 is 14.8 Å². The van der Waals surface area contributed by atoms with Crippen LogP contribution in [0.25, 0.3) is 12.2 Å². The van der Waals surface area contributed by atoms with E-state index in [0.717, 1.165) is 45.1 Å². The number of allylic oxidation sites excluding steroid dienone is 4. The molecule has 1 amide bonds. The first kappa shape index (κ1) is 60.5. The topological polar surface area (TPSA) is 228 Å².